The Bertz CT molecular complexity index is 741. The van der Waals surface area contributed by atoms with Gasteiger partial charge in [0.2, 0.25) is 0 Å². The Balaban J connectivity index is 2.17. The number of fused-ring (bicyclic) bond motifs is 1. The number of hydrogen-bond donors (Lipinski definition) is 2. The Labute approximate surface area is 105 Å². The molecule has 1 aromatic heterocycles. The molecule has 0 radical (unpaired) electrons. The summed E-state index contributed by atoms with van der Waals surface area (Å²) in [6.07, 6.45) is 0. The molecule has 0 aliphatic heterocycles. The average molecular weight is 263 g/mol. The molecule has 2 aromatic carbocycles. The molecule has 3 aromatic rings. The van der Waals surface area contributed by atoms with E-state index in [1.54, 1.807) is 6.07 Å². The first-order valence-electron chi connectivity index (χ1n) is 5.45. The number of nitrogens with zero attached hydrogens (tertiary/aromatic N) is 1. The third kappa shape index (κ3) is 1.91. The third-order valence-electron chi connectivity index (χ3n) is 2.80. The van der Waals surface area contributed by atoms with Crippen LogP contribution in [0.4, 0.5) is 18.9 Å². The maximum Gasteiger partial charge on any atom is 0.161 e. The van der Waals surface area contributed by atoms with Crippen molar-refractivity contribution < 1.29 is 13.2 Å². The second-order valence-electron chi connectivity index (χ2n) is 4.11. The van der Waals surface area contributed by atoms with Crippen molar-refractivity contribution in [3.8, 4) is 11.4 Å². The molecule has 3 N–H and O–H groups in total. The van der Waals surface area contributed by atoms with Crippen LogP contribution in [0.25, 0.3) is 22.4 Å². The molecule has 0 atom stereocenters. The number of H-pyrrole nitrogens is 1. The lowest BCUT2D eigenvalue weighted by Crippen LogP contribution is -1.91. The van der Waals surface area contributed by atoms with Gasteiger partial charge in [0.15, 0.2) is 11.6 Å². The Hall–Kier alpha value is -2.50. The van der Waals surface area contributed by atoms with E-state index in [9.17, 15) is 13.2 Å². The molecule has 96 valence electrons. The van der Waals surface area contributed by atoms with E-state index in [-0.39, 0.29) is 11.2 Å². The zero-order valence-corrected chi connectivity index (χ0v) is 9.55. The van der Waals surface area contributed by atoms with Gasteiger partial charge in [-0.15, -0.1) is 0 Å². The number of halogens is 3. The van der Waals surface area contributed by atoms with Crippen molar-refractivity contribution in [3.63, 3.8) is 0 Å². The first-order valence-corrected chi connectivity index (χ1v) is 5.45. The second-order valence-corrected chi connectivity index (χ2v) is 4.11. The van der Waals surface area contributed by atoms with Crippen molar-refractivity contribution in [2.24, 2.45) is 0 Å². The topological polar surface area (TPSA) is 54.7 Å². The molecule has 0 amide bonds. The summed E-state index contributed by atoms with van der Waals surface area (Å²) in [6.45, 7) is 0. The zero-order chi connectivity index (χ0) is 13.6. The van der Waals surface area contributed by atoms with Crippen LogP contribution in [0.15, 0.2) is 30.3 Å². The minimum atomic E-state index is -0.978. The Kier molecular flexibility index (Phi) is 2.45. The smallest absolute Gasteiger partial charge is 0.161 e. The maximum atomic E-state index is 13.4. The molecule has 1 heterocycles. The number of anilines is 1. The van der Waals surface area contributed by atoms with Gasteiger partial charge < -0.3 is 10.7 Å². The fourth-order valence-electron chi connectivity index (χ4n) is 1.82. The van der Waals surface area contributed by atoms with Gasteiger partial charge in [0.1, 0.15) is 11.6 Å². The number of aromatic nitrogens is 2. The normalized spacial score (nSPS) is 11.1. The second kappa shape index (κ2) is 4.01. The largest absolute Gasteiger partial charge is 0.396 e. The molecular formula is C13H8F3N3. The fourth-order valence-corrected chi connectivity index (χ4v) is 1.82. The lowest BCUT2D eigenvalue weighted by atomic mass is 10.2. The highest BCUT2D eigenvalue weighted by Crippen LogP contribution is 2.24. The highest BCUT2D eigenvalue weighted by molar-refractivity contribution is 5.79. The van der Waals surface area contributed by atoms with Crippen molar-refractivity contribution >= 4 is 16.7 Å². The number of hydrogen-bond acceptors (Lipinski definition) is 2. The summed E-state index contributed by atoms with van der Waals surface area (Å²) in [4.78, 5) is 6.89. The molecule has 0 aliphatic carbocycles. The van der Waals surface area contributed by atoms with E-state index in [4.69, 9.17) is 5.73 Å². The zero-order valence-electron chi connectivity index (χ0n) is 9.55. The number of nitrogen functional groups attached to an aromatic ring is 1. The summed E-state index contributed by atoms with van der Waals surface area (Å²) in [6, 6.07) is 6.18. The van der Waals surface area contributed by atoms with Crippen molar-refractivity contribution in [1.29, 1.82) is 0 Å². The van der Waals surface area contributed by atoms with Crippen LogP contribution < -0.4 is 5.73 Å². The molecule has 6 heteroatoms. The summed E-state index contributed by atoms with van der Waals surface area (Å²) >= 11 is 0. The first kappa shape index (κ1) is 11.6. The lowest BCUT2D eigenvalue weighted by molar-refractivity contribution is 0.510. The van der Waals surface area contributed by atoms with Gasteiger partial charge in [-0.3, -0.25) is 0 Å². The van der Waals surface area contributed by atoms with E-state index < -0.39 is 17.5 Å². The van der Waals surface area contributed by atoms with Gasteiger partial charge >= 0.3 is 0 Å². The van der Waals surface area contributed by atoms with Crippen LogP contribution in [0, 0.1) is 17.5 Å². The van der Waals surface area contributed by atoms with Gasteiger partial charge in [0.05, 0.1) is 16.7 Å². The van der Waals surface area contributed by atoms with Crippen LogP contribution >= 0.6 is 0 Å². The van der Waals surface area contributed by atoms with Gasteiger partial charge in [0, 0.05) is 17.7 Å². The summed E-state index contributed by atoms with van der Waals surface area (Å²) in [5, 5.41) is 0. The predicted octanol–water partition coefficient (Wildman–Crippen LogP) is 3.23. The van der Waals surface area contributed by atoms with Crippen molar-refractivity contribution in [2.75, 3.05) is 5.73 Å². The minimum Gasteiger partial charge on any atom is -0.396 e. The van der Waals surface area contributed by atoms with E-state index in [0.717, 1.165) is 12.1 Å². The molecule has 3 nitrogen and oxygen atoms in total. The van der Waals surface area contributed by atoms with Crippen LogP contribution in [0.3, 0.4) is 0 Å². The Morgan fingerprint density at radius 3 is 2.42 bits per heavy atom. The fraction of sp³-hybridized carbons (Fsp3) is 0. The number of nitrogens with two attached hydrogens (primary N) is 1. The quantitative estimate of drug-likeness (QED) is 0.662. The van der Waals surface area contributed by atoms with Crippen molar-refractivity contribution in [3.05, 3.63) is 47.8 Å². The number of imidazole rings is 1. The highest BCUT2D eigenvalue weighted by atomic mass is 19.2. The summed E-state index contributed by atoms with van der Waals surface area (Å²) < 4.78 is 39.5. The van der Waals surface area contributed by atoms with Crippen LogP contribution in [-0.2, 0) is 0 Å². The summed E-state index contributed by atoms with van der Waals surface area (Å²) in [7, 11) is 0. The molecule has 0 unspecified atom stereocenters. The molecular weight excluding hydrogens is 255 g/mol. The average Bonchev–Trinajstić information content (AvgIpc) is 2.76. The Morgan fingerprint density at radius 1 is 0.947 bits per heavy atom. The molecule has 0 bridgehead atoms. The monoisotopic (exact) mass is 263 g/mol. The summed E-state index contributed by atoms with van der Waals surface area (Å²) in [5.41, 5.74) is 6.46. The van der Waals surface area contributed by atoms with Gasteiger partial charge in [-0.2, -0.15) is 0 Å². The molecule has 0 spiro atoms. The molecule has 0 fully saturated rings. The molecule has 19 heavy (non-hydrogen) atoms. The van der Waals surface area contributed by atoms with Crippen LogP contribution in [0.1, 0.15) is 0 Å². The SMILES string of the molecule is Nc1ccc(-c2nc3cc(F)c(F)cc3[nH]2)cc1F. The standard InChI is InChI=1S/C13H8F3N3/c14-7-4-11-12(5-8(7)15)19-13(18-11)6-1-2-10(17)9(16)3-6/h1-5H,17H2,(H,18,19). The van der Waals surface area contributed by atoms with E-state index in [1.165, 1.54) is 12.1 Å². The highest BCUT2D eigenvalue weighted by Gasteiger charge is 2.11. The molecule has 0 aliphatic rings. The van der Waals surface area contributed by atoms with Crippen LogP contribution in [0.5, 0.6) is 0 Å². The summed E-state index contributed by atoms with van der Waals surface area (Å²) in [5.74, 6) is -2.20. The number of aromatic amines is 1. The van der Waals surface area contributed by atoms with Crippen LogP contribution in [0.2, 0.25) is 0 Å². The van der Waals surface area contributed by atoms with Gasteiger partial charge in [-0.05, 0) is 18.2 Å². The van der Waals surface area contributed by atoms with E-state index in [1.807, 2.05) is 0 Å². The van der Waals surface area contributed by atoms with Gasteiger partial charge in [0.25, 0.3) is 0 Å². The lowest BCUT2D eigenvalue weighted by Gasteiger charge is -1.99. The number of rotatable bonds is 1. The van der Waals surface area contributed by atoms with Gasteiger partial charge in [-0.25, -0.2) is 18.2 Å². The van der Waals surface area contributed by atoms with E-state index in [2.05, 4.69) is 9.97 Å². The van der Waals surface area contributed by atoms with E-state index >= 15 is 0 Å². The maximum absolute atomic E-state index is 13.4. The van der Waals surface area contributed by atoms with Crippen molar-refractivity contribution in [2.45, 2.75) is 0 Å². The first-order chi connectivity index (χ1) is 9.04. The van der Waals surface area contributed by atoms with E-state index in [0.29, 0.717) is 16.9 Å². The number of nitrogens with one attached hydrogen (secondary N) is 1. The third-order valence-corrected chi connectivity index (χ3v) is 2.80. The molecule has 0 saturated heterocycles. The number of benzene rings is 2. The minimum absolute atomic E-state index is 0.0250. The van der Waals surface area contributed by atoms with Crippen molar-refractivity contribution in [1.82, 2.24) is 9.97 Å². The van der Waals surface area contributed by atoms with Gasteiger partial charge in [-0.1, -0.05) is 0 Å². The van der Waals surface area contributed by atoms with Crippen LogP contribution in [-0.4, -0.2) is 9.97 Å². The molecule has 0 saturated carbocycles. The predicted molar refractivity (Wildman–Crippen MR) is 65.8 cm³/mol. The Morgan fingerprint density at radius 2 is 1.68 bits per heavy atom. The molecule has 3 rings (SSSR count).